The van der Waals surface area contributed by atoms with E-state index in [9.17, 15) is 14.4 Å². The van der Waals surface area contributed by atoms with Crippen molar-refractivity contribution in [1.29, 1.82) is 0 Å². The van der Waals surface area contributed by atoms with Crippen molar-refractivity contribution in [3.8, 4) is 0 Å². The third-order valence-electron chi connectivity index (χ3n) is 4.29. The molecule has 8 nitrogen and oxygen atoms in total. The predicted molar refractivity (Wildman–Crippen MR) is 110 cm³/mol. The lowest BCUT2D eigenvalue weighted by Crippen LogP contribution is -2.36. The van der Waals surface area contributed by atoms with E-state index in [1.807, 2.05) is 0 Å². The minimum atomic E-state index is -0.253. The number of thiazole rings is 1. The molecule has 9 heteroatoms. The van der Waals surface area contributed by atoms with Gasteiger partial charge in [0.2, 0.25) is 11.8 Å². The van der Waals surface area contributed by atoms with Gasteiger partial charge in [0.1, 0.15) is 0 Å². The Bertz CT molecular complexity index is 844. The van der Waals surface area contributed by atoms with Gasteiger partial charge in [0.25, 0.3) is 0 Å². The number of nitrogens with one attached hydrogen (secondary N) is 4. The van der Waals surface area contributed by atoms with Crippen LogP contribution in [0.2, 0.25) is 0 Å². The molecule has 1 aromatic carbocycles. The van der Waals surface area contributed by atoms with Crippen molar-refractivity contribution in [3.63, 3.8) is 0 Å². The zero-order valence-electron chi connectivity index (χ0n) is 15.6. The summed E-state index contributed by atoms with van der Waals surface area (Å²) in [5.74, 6) is -0.360. The van der Waals surface area contributed by atoms with Gasteiger partial charge in [-0.1, -0.05) is 12.8 Å². The highest BCUT2D eigenvalue weighted by Crippen LogP contribution is 2.19. The van der Waals surface area contributed by atoms with Crippen LogP contribution in [0.25, 0.3) is 0 Å². The maximum atomic E-state index is 12.2. The number of hydrogen-bond donors (Lipinski definition) is 4. The molecule has 0 aliphatic heterocycles. The van der Waals surface area contributed by atoms with Crippen molar-refractivity contribution in [2.45, 2.75) is 45.1 Å². The quantitative estimate of drug-likeness (QED) is 0.595. The van der Waals surface area contributed by atoms with Crippen LogP contribution in [0.5, 0.6) is 0 Å². The molecule has 1 heterocycles. The molecule has 0 spiro atoms. The summed E-state index contributed by atoms with van der Waals surface area (Å²) < 4.78 is 0. The Labute approximate surface area is 167 Å². The molecule has 2 aromatic rings. The van der Waals surface area contributed by atoms with Gasteiger partial charge >= 0.3 is 6.03 Å². The second kappa shape index (κ2) is 9.32. The summed E-state index contributed by atoms with van der Waals surface area (Å²) in [4.78, 5) is 39.5. The van der Waals surface area contributed by atoms with Crippen LogP contribution in [0.1, 0.15) is 38.3 Å². The minimum Gasteiger partial charge on any atom is -0.335 e. The van der Waals surface area contributed by atoms with Gasteiger partial charge in [-0.25, -0.2) is 9.78 Å². The summed E-state index contributed by atoms with van der Waals surface area (Å²) in [6.45, 7) is 1.44. The maximum Gasteiger partial charge on any atom is 0.321 e. The highest BCUT2D eigenvalue weighted by molar-refractivity contribution is 7.13. The first-order chi connectivity index (χ1) is 13.5. The number of carbonyl (C=O) groups excluding carboxylic acids is 3. The fourth-order valence-electron chi connectivity index (χ4n) is 3.04. The van der Waals surface area contributed by atoms with E-state index >= 15 is 0 Å². The van der Waals surface area contributed by atoms with Gasteiger partial charge in [-0.2, -0.15) is 0 Å². The number of nitrogens with zero attached hydrogens (tertiary/aromatic N) is 1. The van der Waals surface area contributed by atoms with Gasteiger partial charge in [-0.15, -0.1) is 11.3 Å². The molecule has 1 fully saturated rings. The van der Waals surface area contributed by atoms with Crippen LogP contribution in [-0.2, 0) is 16.0 Å². The molecular formula is C19H23N5O3S. The first kappa shape index (κ1) is 19.8. The van der Waals surface area contributed by atoms with Crippen LogP contribution in [0.3, 0.4) is 0 Å². The third-order valence-corrected chi connectivity index (χ3v) is 5.10. The Hall–Kier alpha value is -2.94. The summed E-state index contributed by atoms with van der Waals surface area (Å²) in [5, 5.41) is 13.3. The van der Waals surface area contributed by atoms with Gasteiger partial charge < -0.3 is 16.0 Å². The summed E-state index contributed by atoms with van der Waals surface area (Å²) >= 11 is 1.29. The Kier molecular flexibility index (Phi) is 6.59. The molecule has 28 heavy (non-hydrogen) atoms. The molecule has 4 N–H and O–H groups in total. The second-order valence-corrected chi connectivity index (χ2v) is 7.57. The maximum absolute atomic E-state index is 12.2. The molecule has 1 saturated carbocycles. The van der Waals surface area contributed by atoms with Crippen molar-refractivity contribution in [3.05, 3.63) is 35.3 Å². The van der Waals surface area contributed by atoms with Crippen LogP contribution in [-0.4, -0.2) is 28.9 Å². The summed E-state index contributed by atoms with van der Waals surface area (Å²) in [6.07, 6.45) is 4.44. The van der Waals surface area contributed by atoms with E-state index in [1.165, 1.54) is 18.3 Å². The lowest BCUT2D eigenvalue weighted by Gasteiger charge is -2.11. The standard InChI is InChI=1S/C19H23N5O3S/c1-12(25)20-14-6-8-15(9-7-14)21-17(26)10-16-11-28-19(23-16)24-18(27)22-13-4-2-3-5-13/h6-9,11,13H,2-5,10H2,1H3,(H,20,25)(H,21,26)(H2,22,23,24,27). The normalized spacial score (nSPS) is 13.8. The number of rotatable bonds is 6. The summed E-state index contributed by atoms with van der Waals surface area (Å²) in [7, 11) is 0. The molecule has 0 unspecified atom stereocenters. The van der Waals surface area contributed by atoms with Gasteiger partial charge in [-0.3, -0.25) is 14.9 Å². The fraction of sp³-hybridized carbons (Fsp3) is 0.368. The van der Waals surface area contributed by atoms with Gasteiger partial charge in [0.15, 0.2) is 5.13 Å². The molecule has 0 atom stereocenters. The first-order valence-corrected chi connectivity index (χ1v) is 10.1. The zero-order valence-corrected chi connectivity index (χ0v) is 16.4. The van der Waals surface area contributed by atoms with Crippen molar-refractivity contribution in [2.24, 2.45) is 0 Å². The lowest BCUT2D eigenvalue weighted by atomic mass is 10.2. The Balaban J connectivity index is 1.46. The van der Waals surface area contributed by atoms with E-state index in [0.29, 0.717) is 22.2 Å². The number of amides is 4. The molecular weight excluding hydrogens is 378 g/mol. The van der Waals surface area contributed by atoms with E-state index in [1.54, 1.807) is 29.6 Å². The molecule has 0 saturated heterocycles. The van der Waals surface area contributed by atoms with Crippen LogP contribution < -0.4 is 21.3 Å². The van der Waals surface area contributed by atoms with Crippen molar-refractivity contribution in [2.75, 3.05) is 16.0 Å². The van der Waals surface area contributed by atoms with E-state index < -0.39 is 0 Å². The Morgan fingerprint density at radius 3 is 2.32 bits per heavy atom. The van der Waals surface area contributed by atoms with Crippen molar-refractivity contribution >= 4 is 45.7 Å². The van der Waals surface area contributed by atoms with Crippen LogP contribution in [0, 0.1) is 0 Å². The number of benzene rings is 1. The third kappa shape index (κ3) is 6.05. The van der Waals surface area contributed by atoms with Crippen LogP contribution in [0.4, 0.5) is 21.3 Å². The average Bonchev–Trinajstić information content (AvgIpc) is 3.28. The molecule has 1 aliphatic rings. The van der Waals surface area contributed by atoms with Crippen LogP contribution in [0.15, 0.2) is 29.6 Å². The topological polar surface area (TPSA) is 112 Å². The predicted octanol–water partition coefficient (Wildman–Crippen LogP) is 3.35. The van der Waals surface area contributed by atoms with Crippen LogP contribution >= 0.6 is 11.3 Å². The zero-order chi connectivity index (χ0) is 19.9. The summed E-state index contributed by atoms with van der Waals surface area (Å²) in [5.41, 5.74) is 1.88. The molecule has 0 bridgehead atoms. The van der Waals surface area contributed by atoms with E-state index in [2.05, 4.69) is 26.3 Å². The monoisotopic (exact) mass is 401 g/mol. The average molecular weight is 401 g/mol. The van der Waals surface area contributed by atoms with Gasteiger partial charge in [-0.05, 0) is 37.1 Å². The first-order valence-electron chi connectivity index (χ1n) is 9.17. The number of anilines is 3. The molecule has 1 aromatic heterocycles. The van der Waals surface area contributed by atoms with Crippen molar-refractivity contribution < 1.29 is 14.4 Å². The second-order valence-electron chi connectivity index (χ2n) is 6.71. The molecule has 4 amide bonds. The number of urea groups is 1. The largest absolute Gasteiger partial charge is 0.335 e. The van der Waals surface area contributed by atoms with Crippen molar-refractivity contribution in [1.82, 2.24) is 10.3 Å². The number of aromatic nitrogens is 1. The Morgan fingerprint density at radius 2 is 1.68 bits per heavy atom. The van der Waals surface area contributed by atoms with E-state index in [0.717, 1.165) is 25.7 Å². The van der Waals surface area contributed by atoms with E-state index in [4.69, 9.17) is 0 Å². The van der Waals surface area contributed by atoms with Gasteiger partial charge in [0, 0.05) is 29.7 Å². The molecule has 0 radical (unpaired) electrons. The number of hydrogen-bond acceptors (Lipinski definition) is 5. The number of carbonyl (C=O) groups is 3. The van der Waals surface area contributed by atoms with Gasteiger partial charge in [0.05, 0.1) is 12.1 Å². The highest BCUT2D eigenvalue weighted by Gasteiger charge is 2.17. The highest BCUT2D eigenvalue weighted by atomic mass is 32.1. The lowest BCUT2D eigenvalue weighted by molar-refractivity contribution is -0.116. The molecule has 3 rings (SSSR count). The summed E-state index contributed by atoms with van der Waals surface area (Å²) in [6, 6.07) is 6.84. The molecule has 148 valence electrons. The SMILES string of the molecule is CC(=O)Nc1ccc(NC(=O)Cc2csc(NC(=O)NC3CCCC3)n2)cc1. The smallest absolute Gasteiger partial charge is 0.321 e. The van der Waals surface area contributed by atoms with E-state index in [-0.39, 0.29) is 30.3 Å². The Morgan fingerprint density at radius 1 is 1.04 bits per heavy atom. The molecule has 1 aliphatic carbocycles. The fourth-order valence-corrected chi connectivity index (χ4v) is 3.75. The minimum absolute atomic E-state index is 0.107.